The molecule has 0 radical (unpaired) electrons. The minimum Gasteiger partial charge on any atom is -0.456 e. The fourth-order valence-corrected chi connectivity index (χ4v) is 3.50. The van der Waals surface area contributed by atoms with Crippen molar-refractivity contribution in [1.82, 2.24) is 14.6 Å². The van der Waals surface area contributed by atoms with Gasteiger partial charge in [-0.25, -0.2) is 9.50 Å². The zero-order chi connectivity index (χ0) is 19.2. The van der Waals surface area contributed by atoms with Crippen LogP contribution in [0.4, 0.5) is 5.82 Å². The average molecular weight is 384 g/mol. The molecule has 0 aliphatic carbocycles. The van der Waals surface area contributed by atoms with Gasteiger partial charge in [0.1, 0.15) is 17.2 Å². The van der Waals surface area contributed by atoms with Crippen LogP contribution in [0, 0.1) is 0 Å². The van der Waals surface area contributed by atoms with Crippen molar-refractivity contribution in [2.75, 3.05) is 12.1 Å². The molecular formula is C22H16N4O3. The number of ether oxygens (including phenoxy) is 2. The van der Waals surface area contributed by atoms with Crippen LogP contribution in [0.3, 0.4) is 0 Å². The molecule has 2 aromatic carbocycles. The average Bonchev–Trinajstić information content (AvgIpc) is 3.48. The Morgan fingerprint density at radius 1 is 1.00 bits per heavy atom. The largest absolute Gasteiger partial charge is 0.456 e. The first kappa shape index (κ1) is 16.0. The molecule has 0 saturated carbocycles. The Kier molecular flexibility index (Phi) is 3.46. The predicted molar refractivity (Wildman–Crippen MR) is 108 cm³/mol. The lowest BCUT2D eigenvalue weighted by atomic mass is 10.2. The lowest BCUT2D eigenvalue weighted by Crippen LogP contribution is -2.03. The van der Waals surface area contributed by atoms with E-state index in [-0.39, 0.29) is 6.79 Å². The monoisotopic (exact) mass is 384 g/mol. The minimum absolute atomic E-state index is 0.274. The van der Waals surface area contributed by atoms with Crippen LogP contribution >= 0.6 is 0 Å². The highest BCUT2D eigenvalue weighted by Crippen LogP contribution is 2.33. The summed E-state index contributed by atoms with van der Waals surface area (Å²) in [7, 11) is 0. The van der Waals surface area contributed by atoms with Crippen molar-refractivity contribution in [1.29, 1.82) is 0 Å². The highest BCUT2D eigenvalue weighted by Gasteiger charge is 2.15. The molecule has 0 amide bonds. The van der Waals surface area contributed by atoms with Crippen LogP contribution in [0.5, 0.6) is 11.5 Å². The molecule has 142 valence electrons. The highest BCUT2D eigenvalue weighted by atomic mass is 16.7. The Labute approximate surface area is 165 Å². The maximum Gasteiger partial charge on any atom is 0.231 e. The Morgan fingerprint density at radius 3 is 2.90 bits per heavy atom. The Hall–Kier alpha value is -4.00. The number of fused-ring (bicyclic) bond motifs is 3. The third kappa shape index (κ3) is 2.75. The lowest BCUT2D eigenvalue weighted by molar-refractivity contribution is 0.174. The SMILES string of the molecule is c1ccc2oc(-c3cnn4ccc(NCc5ccc6c(c5)OCO6)nc34)cc2c1. The van der Waals surface area contributed by atoms with Crippen molar-refractivity contribution in [3.05, 3.63) is 72.6 Å². The van der Waals surface area contributed by atoms with Gasteiger partial charge in [-0.3, -0.25) is 0 Å². The van der Waals surface area contributed by atoms with Gasteiger partial charge in [0, 0.05) is 18.1 Å². The van der Waals surface area contributed by atoms with Crippen molar-refractivity contribution in [2.24, 2.45) is 0 Å². The van der Waals surface area contributed by atoms with Crippen LogP contribution in [0.15, 0.2) is 71.4 Å². The first-order chi connectivity index (χ1) is 14.3. The quantitative estimate of drug-likeness (QED) is 0.492. The number of furan rings is 1. The number of nitrogens with zero attached hydrogens (tertiary/aromatic N) is 3. The summed E-state index contributed by atoms with van der Waals surface area (Å²) >= 11 is 0. The molecule has 0 saturated heterocycles. The molecule has 0 fully saturated rings. The van der Waals surface area contributed by atoms with Gasteiger partial charge in [-0.05, 0) is 35.9 Å². The normalized spacial score (nSPS) is 12.7. The molecule has 7 nitrogen and oxygen atoms in total. The summed E-state index contributed by atoms with van der Waals surface area (Å²) in [4.78, 5) is 4.74. The predicted octanol–water partition coefficient (Wildman–Crippen LogP) is 4.48. The van der Waals surface area contributed by atoms with Crippen molar-refractivity contribution in [2.45, 2.75) is 6.54 Å². The number of benzene rings is 2. The summed E-state index contributed by atoms with van der Waals surface area (Å²) in [6.07, 6.45) is 3.66. The number of nitrogens with one attached hydrogen (secondary N) is 1. The summed E-state index contributed by atoms with van der Waals surface area (Å²) in [6.45, 7) is 0.893. The van der Waals surface area contributed by atoms with E-state index < -0.39 is 0 Å². The fraction of sp³-hybridized carbons (Fsp3) is 0.0909. The van der Waals surface area contributed by atoms with E-state index in [1.807, 2.05) is 60.8 Å². The van der Waals surface area contributed by atoms with Crippen LogP contribution in [0.1, 0.15) is 5.56 Å². The summed E-state index contributed by atoms with van der Waals surface area (Å²) in [5.74, 6) is 3.06. The van der Waals surface area contributed by atoms with Crippen LogP contribution in [-0.2, 0) is 6.54 Å². The zero-order valence-corrected chi connectivity index (χ0v) is 15.3. The van der Waals surface area contributed by atoms with Gasteiger partial charge in [-0.15, -0.1) is 0 Å². The minimum atomic E-state index is 0.274. The van der Waals surface area contributed by atoms with E-state index in [1.54, 1.807) is 10.7 Å². The Morgan fingerprint density at radius 2 is 1.93 bits per heavy atom. The van der Waals surface area contributed by atoms with E-state index >= 15 is 0 Å². The van der Waals surface area contributed by atoms with Crippen LogP contribution < -0.4 is 14.8 Å². The number of aromatic nitrogens is 3. The van der Waals surface area contributed by atoms with Gasteiger partial charge in [-0.1, -0.05) is 24.3 Å². The highest BCUT2D eigenvalue weighted by molar-refractivity contribution is 5.86. The summed E-state index contributed by atoms with van der Waals surface area (Å²) in [5, 5.41) is 8.81. The number of rotatable bonds is 4. The molecule has 1 aliphatic heterocycles. The van der Waals surface area contributed by atoms with E-state index in [1.165, 1.54) is 0 Å². The van der Waals surface area contributed by atoms with Crippen molar-refractivity contribution < 1.29 is 13.9 Å². The van der Waals surface area contributed by atoms with E-state index in [9.17, 15) is 0 Å². The molecule has 7 heteroatoms. The topological polar surface area (TPSA) is 73.8 Å². The molecule has 5 aromatic rings. The molecule has 3 aromatic heterocycles. The van der Waals surface area contributed by atoms with E-state index in [0.717, 1.165) is 50.8 Å². The van der Waals surface area contributed by atoms with Gasteiger partial charge in [0.25, 0.3) is 0 Å². The Bertz CT molecular complexity index is 1320. The number of para-hydroxylation sites is 1. The van der Waals surface area contributed by atoms with Crippen molar-refractivity contribution >= 4 is 22.4 Å². The number of hydrogen-bond donors (Lipinski definition) is 1. The zero-order valence-electron chi connectivity index (χ0n) is 15.3. The smallest absolute Gasteiger partial charge is 0.231 e. The first-order valence-corrected chi connectivity index (χ1v) is 9.29. The molecule has 4 heterocycles. The standard InChI is InChI=1S/C22H16N4O3/c1-2-4-17-15(3-1)10-19(29-17)16-12-24-26-8-7-21(25-22(16)26)23-11-14-5-6-18-20(9-14)28-13-27-18/h1-10,12H,11,13H2,(H,23,25). The van der Waals surface area contributed by atoms with E-state index in [2.05, 4.69) is 10.4 Å². The molecule has 0 bridgehead atoms. The van der Waals surface area contributed by atoms with Crippen molar-refractivity contribution in [3.63, 3.8) is 0 Å². The van der Waals surface area contributed by atoms with E-state index in [4.69, 9.17) is 18.9 Å². The summed E-state index contributed by atoms with van der Waals surface area (Å²) < 4.78 is 18.5. The fourth-order valence-electron chi connectivity index (χ4n) is 3.50. The van der Waals surface area contributed by atoms with Gasteiger partial charge in [0.2, 0.25) is 6.79 Å². The number of anilines is 1. The molecule has 1 aliphatic rings. The van der Waals surface area contributed by atoms with Crippen LogP contribution in [-0.4, -0.2) is 21.4 Å². The maximum absolute atomic E-state index is 5.99. The maximum atomic E-state index is 5.99. The molecule has 6 rings (SSSR count). The second-order valence-electron chi connectivity index (χ2n) is 6.83. The molecule has 1 N–H and O–H groups in total. The second-order valence-corrected chi connectivity index (χ2v) is 6.83. The van der Waals surface area contributed by atoms with Crippen LogP contribution in [0.25, 0.3) is 27.9 Å². The second kappa shape index (κ2) is 6.27. The Balaban J connectivity index is 1.30. The van der Waals surface area contributed by atoms with Gasteiger partial charge in [0.05, 0.1) is 11.8 Å². The van der Waals surface area contributed by atoms with Crippen molar-refractivity contribution in [3.8, 4) is 22.8 Å². The van der Waals surface area contributed by atoms with Crippen LogP contribution in [0.2, 0.25) is 0 Å². The van der Waals surface area contributed by atoms with Gasteiger partial charge < -0.3 is 19.2 Å². The third-order valence-electron chi connectivity index (χ3n) is 4.97. The van der Waals surface area contributed by atoms with Gasteiger partial charge >= 0.3 is 0 Å². The number of hydrogen-bond acceptors (Lipinski definition) is 6. The molecule has 0 atom stereocenters. The third-order valence-corrected chi connectivity index (χ3v) is 4.97. The molecule has 29 heavy (non-hydrogen) atoms. The van der Waals surface area contributed by atoms with E-state index in [0.29, 0.717) is 6.54 Å². The summed E-state index contributed by atoms with van der Waals surface area (Å²) in [6, 6.07) is 17.8. The lowest BCUT2D eigenvalue weighted by Gasteiger charge is -2.07. The van der Waals surface area contributed by atoms with Gasteiger partial charge in [-0.2, -0.15) is 5.10 Å². The summed E-state index contributed by atoms with van der Waals surface area (Å²) in [5.41, 5.74) is 3.52. The first-order valence-electron chi connectivity index (χ1n) is 9.29. The molecule has 0 unspecified atom stereocenters. The molecule has 0 spiro atoms. The molecular weight excluding hydrogens is 368 g/mol. The van der Waals surface area contributed by atoms with Gasteiger partial charge in [0.15, 0.2) is 17.1 Å².